The van der Waals surface area contributed by atoms with Crippen LogP contribution in [-0.4, -0.2) is 16.8 Å². The molecular weight excluding hydrogens is 649 g/mol. The van der Waals surface area contributed by atoms with E-state index in [9.17, 15) is 0 Å². The van der Waals surface area contributed by atoms with Gasteiger partial charge in [-0.3, -0.25) is 0 Å². The Morgan fingerprint density at radius 1 is 0.814 bits per heavy atom. The molecular formula is C38H43Cl2NOZr. The van der Waals surface area contributed by atoms with Crippen LogP contribution in [0.4, 0.5) is 0 Å². The van der Waals surface area contributed by atoms with E-state index < -0.39 is 20.8 Å². The Bertz CT molecular complexity index is 1710. The van der Waals surface area contributed by atoms with Crippen LogP contribution in [0.1, 0.15) is 57.6 Å². The number of hydrogen-bond acceptors (Lipinski definition) is 1. The second kappa shape index (κ2) is 16.2. The fourth-order valence-corrected chi connectivity index (χ4v) is 5.72. The fourth-order valence-electron chi connectivity index (χ4n) is 5.72. The molecule has 0 N–H and O–H groups in total. The topological polar surface area (TPSA) is 14.2 Å². The zero-order valence-corrected chi connectivity index (χ0v) is 30.1. The first-order valence-electron chi connectivity index (χ1n) is 15.2. The summed E-state index contributed by atoms with van der Waals surface area (Å²) in [7, 11) is 12.0. The van der Waals surface area contributed by atoms with Crippen molar-refractivity contribution < 1.29 is 25.6 Å². The van der Waals surface area contributed by atoms with Crippen LogP contribution < -0.4 is 0 Å². The summed E-state index contributed by atoms with van der Waals surface area (Å²) in [5.74, 6) is 0. The molecule has 43 heavy (non-hydrogen) atoms. The van der Waals surface area contributed by atoms with Gasteiger partial charge in [0.15, 0.2) is 0 Å². The van der Waals surface area contributed by atoms with Crippen molar-refractivity contribution in [1.82, 2.24) is 4.57 Å². The molecule has 0 aliphatic carbocycles. The molecule has 0 amide bonds. The molecule has 224 valence electrons. The number of nitrogens with zero attached hydrogens (tertiary/aromatic N) is 1. The van der Waals surface area contributed by atoms with Gasteiger partial charge >= 0.3 is 37.9 Å². The van der Waals surface area contributed by atoms with Gasteiger partial charge in [0.2, 0.25) is 0 Å². The minimum absolute atomic E-state index is 0.0231. The van der Waals surface area contributed by atoms with E-state index in [1.807, 2.05) is 0 Å². The van der Waals surface area contributed by atoms with E-state index in [1.165, 1.54) is 86.9 Å². The standard InChI is InChI=1S/C23H18N.C15H25O.2ClH.Zr/c1-15-12-16-6-5-8-18(20(16)13-15)17-10-11-23-21(14-17)19-7-3-4-9-22(19)24(23)2;1-15(2,3)16-13-9-5-4-6-10-14-11-7-8-12-14;;;/h3-14H,1-2H3;7-8,11-12H,4-6,9-10,13H2,1-3H3;2*1H;/q2*-1;;;+4/p-2. The minimum atomic E-state index is -0.826. The quantitative estimate of drug-likeness (QED) is 0.114. The first-order valence-corrected chi connectivity index (χ1v) is 21.5. The second-order valence-electron chi connectivity index (χ2n) is 12.1. The number of aromatic nitrogens is 1. The van der Waals surface area contributed by atoms with Gasteiger partial charge < -0.3 is 9.30 Å². The Kier molecular flexibility index (Phi) is 12.7. The van der Waals surface area contributed by atoms with E-state index in [2.05, 4.69) is 136 Å². The van der Waals surface area contributed by atoms with Crippen molar-refractivity contribution in [2.45, 2.75) is 65.4 Å². The zero-order chi connectivity index (χ0) is 30.8. The first-order chi connectivity index (χ1) is 20.7. The van der Waals surface area contributed by atoms with Crippen LogP contribution in [0.15, 0.2) is 97.1 Å². The molecule has 0 saturated carbocycles. The predicted molar refractivity (Wildman–Crippen MR) is 185 cm³/mol. The zero-order valence-electron chi connectivity index (χ0n) is 26.1. The molecule has 1 heterocycles. The third-order valence-corrected chi connectivity index (χ3v) is 7.75. The van der Waals surface area contributed by atoms with Gasteiger partial charge in [0, 0.05) is 35.5 Å². The summed E-state index contributed by atoms with van der Waals surface area (Å²) >= 11 is -0.826. The van der Waals surface area contributed by atoms with Gasteiger partial charge in [-0.15, -0.1) is 34.5 Å². The number of benzene rings is 3. The van der Waals surface area contributed by atoms with Gasteiger partial charge in [-0.25, -0.2) is 6.07 Å². The van der Waals surface area contributed by atoms with Crippen molar-refractivity contribution in [2.75, 3.05) is 6.61 Å². The maximum absolute atomic E-state index is 5.68. The van der Waals surface area contributed by atoms with Crippen molar-refractivity contribution in [1.29, 1.82) is 0 Å². The number of halogens is 2. The molecule has 1 aromatic heterocycles. The number of aryl methyl sites for hydroxylation is 3. The summed E-state index contributed by atoms with van der Waals surface area (Å²) in [6, 6.07) is 35.3. The van der Waals surface area contributed by atoms with E-state index >= 15 is 0 Å². The number of hydrogen-bond donors (Lipinski definition) is 0. The van der Waals surface area contributed by atoms with E-state index in [4.69, 9.17) is 21.8 Å². The molecule has 6 aromatic rings. The Hall–Kier alpha value is -2.16. The molecule has 0 aliphatic heterocycles. The molecule has 0 atom stereocenters. The Labute approximate surface area is 276 Å². The van der Waals surface area contributed by atoms with Gasteiger partial charge in [0.25, 0.3) is 0 Å². The van der Waals surface area contributed by atoms with Crippen LogP contribution in [0.25, 0.3) is 43.7 Å². The van der Waals surface area contributed by atoms with Crippen molar-refractivity contribution in [3.63, 3.8) is 0 Å². The monoisotopic (exact) mass is 689 g/mol. The number of para-hydroxylation sites is 1. The van der Waals surface area contributed by atoms with E-state index in [-0.39, 0.29) is 5.60 Å². The fraction of sp³-hybridized carbons (Fsp3) is 0.316. The van der Waals surface area contributed by atoms with Crippen LogP contribution >= 0.6 is 17.0 Å². The maximum atomic E-state index is 5.68. The summed E-state index contributed by atoms with van der Waals surface area (Å²) in [6.45, 7) is 9.41. The van der Waals surface area contributed by atoms with Crippen LogP contribution in [0.2, 0.25) is 0 Å². The van der Waals surface area contributed by atoms with E-state index in [0.29, 0.717) is 0 Å². The third-order valence-electron chi connectivity index (χ3n) is 7.75. The van der Waals surface area contributed by atoms with Crippen LogP contribution in [-0.2, 0) is 39.1 Å². The summed E-state index contributed by atoms with van der Waals surface area (Å²) in [6.07, 6.45) is 6.33. The SMILES string of the molecule is CC(C)(C)OCCCCCCc1cc[cH-]c1.Cc1cc2c(-c3ccc4c(c3)c3ccccc3n4C)cccc2[cH-]1.[Cl][Zr+2][Cl]. The van der Waals surface area contributed by atoms with Crippen molar-refractivity contribution in [3.8, 4) is 11.1 Å². The van der Waals surface area contributed by atoms with Gasteiger partial charge in [0.05, 0.1) is 5.60 Å². The van der Waals surface area contributed by atoms with E-state index in [0.717, 1.165) is 6.61 Å². The van der Waals surface area contributed by atoms with Crippen LogP contribution in [0.3, 0.4) is 0 Å². The summed E-state index contributed by atoms with van der Waals surface area (Å²) in [5.41, 5.74) is 7.99. The Morgan fingerprint density at radius 3 is 2.30 bits per heavy atom. The second-order valence-corrected chi connectivity index (χ2v) is 15.9. The summed E-state index contributed by atoms with van der Waals surface area (Å²) in [4.78, 5) is 0. The molecule has 6 rings (SSSR count). The Morgan fingerprint density at radius 2 is 1.56 bits per heavy atom. The summed E-state index contributed by atoms with van der Waals surface area (Å²) < 4.78 is 7.96. The number of ether oxygens (including phenoxy) is 1. The van der Waals surface area contributed by atoms with Crippen molar-refractivity contribution >= 4 is 49.6 Å². The molecule has 0 bridgehead atoms. The van der Waals surface area contributed by atoms with Gasteiger partial charge in [-0.05, 0) is 51.0 Å². The molecule has 0 aliphatic rings. The Balaban J connectivity index is 0.000000195. The number of fused-ring (bicyclic) bond motifs is 4. The van der Waals surface area contributed by atoms with Gasteiger partial charge in [-0.1, -0.05) is 68.5 Å². The third kappa shape index (κ3) is 9.42. The average Bonchev–Trinajstić information content (AvgIpc) is 3.71. The molecule has 2 nitrogen and oxygen atoms in total. The predicted octanol–water partition coefficient (Wildman–Crippen LogP) is 11.9. The molecule has 5 heteroatoms. The normalized spacial score (nSPS) is 11.2. The van der Waals surface area contributed by atoms with E-state index in [1.54, 1.807) is 0 Å². The molecule has 0 unspecified atom stereocenters. The number of unbranched alkanes of at least 4 members (excludes halogenated alkanes) is 3. The molecule has 0 radical (unpaired) electrons. The molecule has 0 spiro atoms. The molecule has 5 aromatic carbocycles. The van der Waals surface area contributed by atoms with Gasteiger partial charge in [-0.2, -0.15) is 29.8 Å². The number of rotatable bonds is 8. The van der Waals surface area contributed by atoms with Crippen LogP contribution in [0.5, 0.6) is 0 Å². The van der Waals surface area contributed by atoms with Crippen LogP contribution in [0, 0.1) is 6.92 Å². The first kappa shape index (κ1) is 33.7. The molecule has 0 saturated heterocycles. The van der Waals surface area contributed by atoms with Crippen molar-refractivity contribution in [3.05, 3.63) is 108 Å². The average molecular weight is 692 g/mol. The molecule has 0 fully saturated rings. The van der Waals surface area contributed by atoms with Gasteiger partial charge in [0.1, 0.15) is 0 Å². The summed E-state index contributed by atoms with van der Waals surface area (Å²) in [5, 5.41) is 5.31. The van der Waals surface area contributed by atoms with Crippen molar-refractivity contribution in [2.24, 2.45) is 7.05 Å².